The molecule has 0 aliphatic heterocycles. The van der Waals surface area contributed by atoms with Crippen LogP contribution in [0.4, 0.5) is 13.2 Å². The van der Waals surface area contributed by atoms with Crippen LogP contribution in [0.5, 0.6) is 0 Å². The minimum absolute atomic E-state index is 0.204. The van der Waals surface area contributed by atoms with Crippen molar-refractivity contribution in [3.05, 3.63) is 113 Å². The normalized spacial score (nSPS) is 11.1. The zero-order valence-electron chi connectivity index (χ0n) is 20.0. The van der Waals surface area contributed by atoms with Crippen molar-refractivity contribution in [1.82, 2.24) is 23.9 Å². The van der Waals surface area contributed by atoms with E-state index in [9.17, 15) is 18.0 Å². The van der Waals surface area contributed by atoms with E-state index in [0.29, 0.717) is 22.5 Å². The van der Waals surface area contributed by atoms with Gasteiger partial charge in [0.05, 0.1) is 18.0 Å². The first-order chi connectivity index (χ1) is 18.2. The third-order valence-corrected chi connectivity index (χ3v) is 5.90. The van der Waals surface area contributed by atoms with E-state index in [-0.39, 0.29) is 29.1 Å². The number of aromatic nitrogens is 5. The summed E-state index contributed by atoms with van der Waals surface area (Å²) < 4.78 is 44.1. The number of benzene rings is 2. The maximum Gasteiger partial charge on any atom is 0.416 e. The molecule has 0 amide bonds. The Bertz CT molecular complexity index is 1790. The molecule has 0 atom stereocenters. The van der Waals surface area contributed by atoms with Crippen molar-refractivity contribution < 1.29 is 18.0 Å². The third-order valence-electron chi connectivity index (χ3n) is 5.90. The molecule has 3 aromatic heterocycles. The number of terminal acetylenes is 1. The molecule has 5 rings (SSSR count). The molecular weight excluding hydrogens is 491 g/mol. The molecule has 0 saturated heterocycles. The van der Waals surface area contributed by atoms with Crippen molar-refractivity contribution in [3.8, 4) is 29.9 Å². The summed E-state index contributed by atoms with van der Waals surface area (Å²) in [5.74, 6) is 8.14. The van der Waals surface area contributed by atoms with Gasteiger partial charge in [0.15, 0.2) is 11.4 Å². The van der Waals surface area contributed by atoms with E-state index in [2.05, 4.69) is 32.7 Å². The lowest BCUT2D eigenvalue weighted by atomic mass is 9.97. The van der Waals surface area contributed by atoms with Gasteiger partial charge < -0.3 is 4.57 Å². The zero-order chi connectivity index (χ0) is 26.9. The topological polar surface area (TPSA) is 65.1 Å². The number of hydrogen-bond donors (Lipinski definition) is 0. The number of carbonyl (C=O) groups is 1. The Balaban J connectivity index is 1.45. The van der Waals surface area contributed by atoms with Crippen LogP contribution in [0.25, 0.3) is 11.3 Å². The lowest BCUT2D eigenvalue weighted by Crippen LogP contribution is -2.10. The third kappa shape index (κ3) is 5.04. The molecular formula is C29H18F3N5O. The van der Waals surface area contributed by atoms with Gasteiger partial charge in [-0.2, -0.15) is 13.2 Å². The summed E-state index contributed by atoms with van der Waals surface area (Å²) in [6, 6.07) is 8.55. The number of halogens is 3. The van der Waals surface area contributed by atoms with Crippen molar-refractivity contribution in [1.29, 1.82) is 0 Å². The molecule has 38 heavy (non-hydrogen) atoms. The number of Topliss-reactive ketones (excluding diaryl/α,β-unsaturated/α-hetero) is 1. The Hall–Kier alpha value is -5.15. The van der Waals surface area contributed by atoms with Crippen LogP contribution in [0.1, 0.15) is 44.0 Å². The molecule has 3 heterocycles. The first kappa shape index (κ1) is 24.5. The van der Waals surface area contributed by atoms with Gasteiger partial charge in [-0.15, -0.1) is 6.42 Å². The number of alkyl halides is 3. The average Bonchev–Trinajstić information content (AvgIpc) is 3.55. The van der Waals surface area contributed by atoms with Gasteiger partial charge in [-0.1, -0.05) is 18.1 Å². The standard InChI is InChI=1S/C29H18F3N5O/c1-3-24-17-36(18-35-24)26-11-20(10-23(14-26)29(30,31)32)12-27(38)22-5-4-19(2)21(13-22)6-7-25-15-34-28-16-33-8-9-37(25)28/h1,4-5,8-11,13-18H,12H2,2H3. The van der Waals surface area contributed by atoms with Crippen LogP contribution in [0.3, 0.4) is 0 Å². The average molecular weight is 509 g/mol. The van der Waals surface area contributed by atoms with E-state index in [1.807, 2.05) is 6.92 Å². The maximum atomic E-state index is 13.6. The highest BCUT2D eigenvalue weighted by Crippen LogP contribution is 2.32. The van der Waals surface area contributed by atoms with Crippen LogP contribution in [0.2, 0.25) is 0 Å². The molecule has 0 bridgehead atoms. The molecule has 0 saturated carbocycles. The molecule has 186 valence electrons. The summed E-state index contributed by atoms with van der Waals surface area (Å²) in [5, 5.41) is 0. The highest BCUT2D eigenvalue weighted by atomic mass is 19.4. The summed E-state index contributed by atoms with van der Waals surface area (Å²) in [6.45, 7) is 1.87. The Morgan fingerprint density at radius 3 is 2.68 bits per heavy atom. The minimum atomic E-state index is -4.59. The SMILES string of the molecule is C#Cc1cn(-c2cc(CC(=O)c3ccc(C)c(C#Cc4cnc5cnccn45)c3)cc(C(F)(F)F)c2)cn1. The Morgan fingerprint density at radius 2 is 1.92 bits per heavy atom. The molecule has 0 aliphatic carbocycles. The molecule has 2 aromatic carbocycles. The number of imidazole rings is 2. The quantitative estimate of drug-likeness (QED) is 0.251. The van der Waals surface area contributed by atoms with Crippen molar-refractivity contribution in [2.24, 2.45) is 0 Å². The van der Waals surface area contributed by atoms with E-state index in [0.717, 1.165) is 17.7 Å². The maximum absolute atomic E-state index is 13.6. The fraction of sp³-hybridized carbons (Fsp3) is 0.103. The van der Waals surface area contributed by atoms with E-state index >= 15 is 0 Å². The Morgan fingerprint density at radius 1 is 1.08 bits per heavy atom. The van der Waals surface area contributed by atoms with E-state index in [1.165, 1.54) is 23.2 Å². The smallest absolute Gasteiger partial charge is 0.305 e. The highest BCUT2D eigenvalue weighted by Gasteiger charge is 2.31. The van der Waals surface area contributed by atoms with Gasteiger partial charge in [0.2, 0.25) is 0 Å². The molecule has 0 spiro atoms. The number of carbonyl (C=O) groups excluding carboxylic acids is 1. The van der Waals surface area contributed by atoms with Crippen LogP contribution >= 0.6 is 0 Å². The predicted molar refractivity (Wildman–Crippen MR) is 135 cm³/mol. The number of hydrogen-bond acceptors (Lipinski definition) is 4. The second-order valence-corrected chi connectivity index (χ2v) is 8.52. The number of nitrogens with zero attached hydrogens (tertiary/aromatic N) is 5. The van der Waals surface area contributed by atoms with E-state index in [1.54, 1.807) is 47.4 Å². The van der Waals surface area contributed by atoms with Gasteiger partial charge in [-0.05, 0) is 54.2 Å². The number of ketones is 1. The fourth-order valence-electron chi connectivity index (χ4n) is 3.91. The first-order valence-electron chi connectivity index (χ1n) is 11.4. The van der Waals surface area contributed by atoms with Crippen LogP contribution in [0, 0.1) is 31.1 Å². The molecule has 9 heteroatoms. The summed E-state index contributed by atoms with van der Waals surface area (Å²) in [6.07, 6.45) is 9.92. The fourth-order valence-corrected chi connectivity index (χ4v) is 3.91. The van der Waals surface area contributed by atoms with Crippen LogP contribution < -0.4 is 0 Å². The van der Waals surface area contributed by atoms with Crippen molar-refractivity contribution >= 4 is 11.4 Å². The molecule has 0 fully saturated rings. The second-order valence-electron chi connectivity index (χ2n) is 8.52. The van der Waals surface area contributed by atoms with Crippen LogP contribution in [-0.4, -0.2) is 29.7 Å². The molecule has 0 radical (unpaired) electrons. The van der Waals surface area contributed by atoms with Gasteiger partial charge in [-0.3, -0.25) is 14.2 Å². The van der Waals surface area contributed by atoms with Gasteiger partial charge in [0.25, 0.3) is 0 Å². The minimum Gasteiger partial charge on any atom is -0.305 e. The van der Waals surface area contributed by atoms with Gasteiger partial charge >= 0.3 is 6.18 Å². The van der Waals surface area contributed by atoms with Crippen molar-refractivity contribution in [2.75, 3.05) is 0 Å². The summed E-state index contributed by atoms with van der Waals surface area (Å²) in [7, 11) is 0. The van der Waals surface area contributed by atoms with E-state index in [4.69, 9.17) is 6.42 Å². The number of fused-ring (bicyclic) bond motifs is 1. The summed E-state index contributed by atoms with van der Waals surface area (Å²) in [4.78, 5) is 25.4. The number of aryl methyl sites for hydroxylation is 1. The van der Waals surface area contributed by atoms with E-state index < -0.39 is 11.7 Å². The lowest BCUT2D eigenvalue weighted by molar-refractivity contribution is -0.137. The predicted octanol–water partition coefficient (Wildman–Crippen LogP) is 5.05. The molecule has 5 aromatic rings. The summed E-state index contributed by atoms with van der Waals surface area (Å²) >= 11 is 0. The van der Waals surface area contributed by atoms with Gasteiger partial charge in [-0.25, -0.2) is 9.97 Å². The van der Waals surface area contributed by atoms with Gasteiger partial charge in [0.1, 0.15) is 17.7 Å². The second kappa shape index (κ2) is 9.72. The monoisotopic (exact) mass is 509 g/mol. The Labute approximate surface area is 215 Å². The van der Waals surface area contributed by atoms with Crippen LogP contribution in [0.15, 0.2) is 73.7 Å². The Kier molecular flexibility index (Phi) is 6.28. The molecule has 6 nitrogen and oxygen atoms in total. The highest BCUT2D eigenvalue weighted by molar-refractivity contribution is 5.98. The van der Waals surface area contributed by atoms with Gasteiger partial charge in [0, 0.05) is 41.8 Å². The van der Waals surface area contributed by atoms with Crippen molar-refractivity contribution in [3.63, 3.8) is 0 Å². The molecule has 0 unspecified atom stereocenters. The van der Waals surface area contributed by atoms with Crippen LogP contribution in [-0.2, 0) is 12.6 Å². The number of rotatable bonds is 4. The molecule has 0 N–H and O–H groups in total. The lowest BCUT2D eigenvalue weighted by Gasteiger charge is -2.13. The van der Waals surface area contributed by atoms with Crippen molar-refractivity contribution in [2.45, 2.75) is 19.5 Å². The molecule has 0 aliphatic rings. The summed E-state index contributed by atoms with van der Waals surface area (Å²) in [5.41, 5.74) is 2.98. The largest absolute Gasteiger partial charge is 0.416 e. The first-order valence-corrected chi connectivity index (χ1v) is 11.4. The zero-order valence-corrected chi connectivity index (χ0v) is 20.0.